The summed E-state index contributed by atoms with van der Waals surface area (Å²) in [4.78, 5) is 15.4. The molecule has 0 radical (unpaired) electrons. The van der Waals surface area contributed by atoms with Crippen molar-refractivity contribution in [2.45, 2.75) is 0 Å². The SMILES string of the molecule is c1ccc(-c2ccc(-c3ccc(-c4c(-c5nc(-c6ccccc6)nc(-c6ccccc6)n5)c5ccccc5c5ccccc45)cc3)nn2)cc1. The van der Waals surface area contributed by atoms with Crippen LogP contribution in [0.3, 0.4) is 0 Å². The Labute approximate surface area is 289 Å². The molecule has 0 spiro atoms. The van der Waals surface area contributed by atoms with Crippen LogP contribution in [0.15, 0.2) is 176 Å². The quantitative estimate of drug-likeness (QED) is 0.169. The van der Waals surface area contributed by atoms with Gasteiger partial charge in [-0.1, -0.05) is 164 Å². The first kappa shape index (κ1) is 29.3. The molecule has 0 aliphatic carbocycles. The first-order chi connectivity index (χ1) is 24.8. The number of hydrogen-bond donors (Lipinski definition) is 0. The lowest BCUT2D eigenvalue weighted by Gasteiger charge is -2.18. The van der Waals surface area contributed by atoms with E-state index in [4.69, 9.17) is 15.0 Å². The van der Waals surface area contributed by atoms with Crippen LogP contribution in [0.2, 0.25) is 0 Å². The molecule has 0 N–H and O–H groups in total. The van der Waals surface area contributed by atoms with Crippen LogP contribution in [0.1, 0.15) is 0 Å². The molecule has 0 atom stereocenters. The third kappa shape index (κ3) is 5.37. The zero-order valence-electron chi connectivity index (χ0n) is 27.0. The predicted octanol–water partition coefficient (Wildman–Crippen LogP) is 11.0. The second-order valence-electron chi connectivity index (χ2n) is 12.1. The average molecular weight is 640 g/mol. The molecule has 0 unspecified atom stereocenters. The third-order valence-electron chi connectivity index (χ3n) is 9.06. The van der Waals surface area contributed by atoms with Gasteiger partial charge < -0.3 is 0 Å². The van der Waals surface area contributed by atoms with E-state index in [2.05, 4.69) is 83.0 Å². The monoisotopic (exact) mass is 639 g/mol. The van der Waals surface area contributed by atoms with Gasteiger partial charge in [0.1, 0.15) is 0 Å². The standard InChI is InChI=1S/C45H29N5/c1-4-14-30(15-5-1)39-28-29-40(50-49-39)31-24-26-32(27-25-31)41-37-22-12-10-20-35(37)36-21-11-13-23-38(36)42(41)45-47-43(33-16-6-2-7-17-33)46-44(48-45)34-18-8-3-9-19-34/h1-29H. The van der Waals surface area contributed by atoms with Crippen LogP contribution in [0, 0.1) is 0 Å². The largest absolute Gasteiger partial charge is 0.208 e. The predicted molar refractivity (Wildman–Crippen MR) is 203 cm³/mol. The van der Waals surface area contributed by atoms with E-state index in [0.29, 0.717) is 17.5 Å². The van der Waals surface area contributed by atoms with E-state index in [1.165, 1.54) is 5.39 Å². The average Bonchev–Trinajstić information content (AvgIpc) is 3.21. The van der Waals surface area contributed by atoms with E-state index in [0.717, 1.165) is 66.5 Å². The Morgan fingerprint density at radius 3 is 1.08 bits per heavy atom. The highest BCUT2D eigenvalue weighted by Gasteiger charge is 2.22. The molecule has 5 heteroatoms. The smallest absolute Gasteiger partial charge is 0.165 e. The molecule has 5 nitrogen and oxygen atoms in total. The maximum Gasteiger partial charge on any atom is 0.165 e. The lowest BCUT2D eigenvalue weighted by Crippen LogP contribution is -2.02. The maximum absolute atomic E-state index is 5.20. The van der Waals surface area contributed by atoms with Crippen molar-refractivity contribution in [1.29, 1.82) is 0 Å². The van der Waals surface area contributed by atoms with E-state index in [9.17, 15) is 0 Å². The lowest BCUT2D eigenvalue weighted by atomic mass is 9.87. The number of rotatable bonds is 6. The molecular weight excluding hydrogens is 611 g/mol. The molecule has 9 rings (SSSR count). The van der Waals surface area contributed by atoms with Gasteiger partial charge in [0.15, 0.2) is 17.5 Å². The van der Waals surface area contributed by atoms with E-state index < -0.39 is 0 Å². The Bertz CT molecular complexity index is 2550. The van der Waals surface area contributed by atoms with Gasteiger partial charge in [0, 0.05) is 33.4 Å². The van der Waals surface area contributed by atoms with Crippen molar-refractivity contribution in [3.05, 3.63) is 176 Å². The van der Waals surface area contributed by atoms with Crippen molar-refractivity contribution in [2.75, 3.05) is 0 Å². The van der Waals surface area contributed by atoms with Gasteiger partial charge in [-0.05, 0) is 39.2 Å². The molecule has 0 saturated carbocycles. The van der Waals surface area contributed by atoms with Crippen molar-refractivity contribution in [3.8, 4) is 67.8 Å². The maximum atomic E-state index is 5.20. The van der Waals surface area contributed by atoms with E-state index in [-0.39, 0.29) is 0 Å². The number of hydrogen-bond acceptors (Lipinski definition) is 5. The van der Waals surface area contributed by atoms with Crippen molar-refractivity contribution in [1.82, 2.24) is 25.1 Å². The molecule has 2 heterocycles. The van der Waals surface area contributed by atoms with Crippen LogP contribution in [0.5, 0.6) is 0 Å². The lowest BCUT2D eigenvalue weighted by molar-refractivity contribution is 1.04. The summed E-state index contributed by atoms with van der Waals surface area (Å²) < 4.78 is 0. The summed E-state index contributed by atoms with van der Waals surface area (Å²) in [7, 11) is 0. The molecular formula is C45H29N5. The Morgan fingerprint density at radius 2 is 0.600 bits per heavy atom. The summed E-state index contributed by atoms with van der Waals surface area (Å²) >= 11 is 0. The molecule has 0 aliphatic rings. The summed E-state index contributed by atoms with van der Waals surface area (Å²) in [5, 5.41) is 13.6. The van der Waals surface area contributed by atoms with Crippen molar-refractivity contribution < 1.29 is 0 Å². The minimum atomic E-state index is 0.626. The van der Waals surface area contributed by atoms with Crippen LogP contribution >= 0.6 is 0 Å². The molecule has 2 aromatic heterocycles. The number of nitrogens with zero attached hydrogens (tertiary/aromatic N) is 5. The highest BCUT2D eigenvalue weighted by atomic mass is 15.1. The van der Waals surface area contributed by atoms with Gasteiger partial charge in [0.05, 0.1) is 11.4 Å². The van der Waals surface area contributed by atoms with Gasteiger partial charge in [-0.2, -0.15) is 0 Å². The van der Waals surface area contributed by atoms with Gasteiger partial charge in [0.2, 0.25) is 0 Å². The second kappa shape index (κ2) is 12.6. The highest BCUT2D eigenvalue weighted by molar-refractivity contribution is 6.21. The number of benzene rings is 7. The molecule has 9 aromatic rings. The Hall–Kier alpha value is -6.85. The first-order valence-electron chi connectivity index (χ1n) is 16.6. The summed E-state index contributed by atoms with van der Waals surface area (Å²) in [5.74, 6) is 1.89. The molecule has 0 fully saturated rings. The van der Waals surface area contributed by atoms with Crippen LogP contribution in [0.25, 0.3) is 89.4 Å². The number of aromatic nitrogens is 5. The normalized spacial score (nSPS) is 11.2. The highest BCUT2D eigenvalue weighted by Crippen LogP contribution is 2.44. The van der Waals surface area contributed by atoms with E-state index in [1.54, 1.807) is 0 Å². The molecule has 7 aromatic carbocycles. The number of fused-ring (bicyclic) bond motifs is 3. The molecule has 0 saturated heterocycles. The fourth-order valence-electron chi connectivity index (χ4n) is 6.65. The topological polar surface area (TPSA) is 64.5 Å². The molecule has 0 aliphatic heterocycles. The Morgan fingerprint density at radius 1 is 0.240 bits per heavy atom. The summed E-state index contributed by atoms with van der Waals surface area (Å²) in [6, 6.07) is 60.1. The van der Waals surface area contributed by atoms with Crippen LogP contribution in [-0.4, -0.2) is 25.1 Å². The van der Waals surface area contributed by atoms with Gasteiger partial charge in [0.25, 0.3) is 0 Å². The van der Waals surface area contributed by atoms with Crippen LogP contribution in [-0.2, 0) is 0 Å². The van der Waals surface area contributed by atoms with Gasteiger partial charge in [-0.3, -0.25) is 0 Å². The van der Waals surface area contributed by atoms with E-state index in [1.807, 2.05) is 103 Å². The Balaban J connectivity index is 1.26. The summed E-state index contributed by atoms with van der Waals surface area (Å²) in [5.41, 5.74) is 8.66. The third-order valence-corrected chi connectivity index (χ3v) is 9.06. The first-order valence-corrected chi connectivity index (χ1v) is 16.6. The van der Waals surface area contributed by atoms with Gasteiger partial charge in [-0.15, -0.1) is 10.2 Å². The van der Waals surface area contributed by atoms with Crippen molar-refractivity contribution >= 4 is 21.5 Å². The summed E-state index contributed by atoms with van der Waals surface area (Å²) in [6.07, 6.45) is 0. The van der Waals surface area contributed by atoms with Gasteiger partial charge in [-0.25, -0.2) is 15.0 Å². The molecule has 0 bridgehead atoms. The zero-order chi connectivity index (χ0) is 33.3. The second-order valence-corrected chi connectivity index (χ2v) is 12.1. The fourth-order valence-corrected chi connectivity index (χ4v) is 6.65. The van der Waals surface area contributed by atoms with Gasteiger partial charge >= 0.3 is 0 Å². The summed E-state index contributed by atoms with van der Waals surface area (Å²) in [6.45, 7) is 0. The minimum Gasteiger partial charge on any atom is -0.208 e. The minimum absolute atomic E-state index is 0.626. The van der Waals surface area contributed by atoms with Crippen molar-refractivity contribution in [3.63, 3.8) is 0 Å². The fraction of sp³-hybridized carbons (Fsp3) is 0. The molecule has 0 amide bonds. The Kier molecular flexibility index (Phi) is 7.41. The van der Waals surface area contributed by atoms with Crippen LogP contribution < -0.4 is 0 Å². The molecule has 234 valence electrons. The zero-order valence-corrected chi connectivity index (χ0v) is 27.0. The van der Waals surface area contributed by atoms with Crippen LogP contribution in [0.4, 0.5) is 0 Å². The molecule has 50 heavy (non-hydrogen) atoms. The van der Waals surface area contributed by atoms with E-state index >= 15 is 0 Å². The van der Waals surface area contributed by atoms with Crippen molar-refractivity contribution in [2.24, 2.45) is 0 Å².